The van der Waals surface area contributed by atoms with Crippen molar-refractivity contribution in [3.05, 3.63) is 0 Å². The van der Waals surface area contributed by atoms with Gasteiger partial charge in [-0.15, -0.1) is 0 Å². The van der Waals surface area contributed by atoms with Crippen LogP contribution in [0.5, 0.6) is 0 Å². The van der Waals surface area contributed by atoms with Crippen LogP contribution in [0.3, 0.4) is 0 Å². The summed E-state index contributed by atoms with van der Waals surface area (Å²) in [5.74, 6) is -54.3. The average molecular weight is 541 g/mol. The molecule has 0 aromatic carbocycles. The minimum atomic E-state index is -8.51. The highest BCUT2D eigenvalue weighted by Gasteiger charge is 2.94. The molecule has 0 aliphatic carbocycles. The Balaban J connectivity index is 6.22. The minimum Gasteiger partial charge on any atom is -0.464 e. The lowest BCUT2D eigenvalue weighted by Gasteiger charge is -2.41. The van der Waals surface area contributed by atoms with Gasteiger partial charge in [-0.1, -0.05) is 13.8 Å². The van der Waals surface area contributed by atoms with E-state index in [-0.39, 0.29) is 0 Å². The van der Waals surface area contributed by atoms with Crippen LogP contribution in [-0.2, 0) is 14.3 Å². The van der Waals surface area contributed by atoms with Gasteiger partial charge < -0.3 is 10.1 Å². The summed E-state index contributed by atoms with van der Waals surface area (Å²) in [4.78, 5) is 22.7. The Morgan fingerprint density at radius 2 is 1.00 bits per heavy atom. The van der Waals surface area contributed by atoms with Crippen molar-refractivity contribution in [2.24, 2.45) is 5.92 Å². The van der Waals surface area contributed by atoms with Crippen molar-refractivity contribution in [1.29, 1.82) is 0 Å². The Labute approximate surface area is 179 Å². The largest absolute Gasteiger partial charge is 0.464 e. The number of hydrogen-bond acceptors (Lipinski definition) is 3. The summed E-state index contributed by atoms with van der Waals surface area (Å²) in [7, 11) is 0. The molecule has 0 spiro atoms. The topological polar surface area (TPSA) is 55.4 Å². The van der Waals surface area contributed by atoms with E-state index in [4.69, 9.17) is 0 Å². The zero-order valence-corrected chi connectivity index (χ0v) is 16.8. The van der Waals surface area contributed by atoms with Gasteiger partial charge >= 0.3 is 47.7 Å². The Kier molecular flexibility index (Phi) is 8.59. The molecule has 1 N–H and O–H groups in total. The average Bonchev–Trinajstić information content (AvgIpc) is 2.63. The van der Waals surface area contributed by atoms with Crippen LogP contribution in [0, 0.1) is 5.92 Å². The molecule has 0 aliphatic rings. The van der Waals surface area contributed by atoms with Crippen LogP contribution in [0.1, 0.15) is 20.8 Å². The molecule has 0 aliphatic heterocycles. The monoisotopic (exact) mass is 541 g/mol. The van der Waals surface area contributed by atoms with Gasteiger partial charge in [-0.3, -0.25) is 4.79 Å². The lowest BCUT2D eigenvalue weighted by Crippen LogP contribution is -2.74. The number of hydrogen-bond donors (Lipinski definition) is 1. The number of rotatable bonds is 10. The van der Waals surface area contributed by atoms with Gasteiger partial charge in [-0.05, 0) is 12.8 Å². The highest BCUT2D eigenvalue weighted by molar-refractivity contribution is 5.89. The molecule has 0 aromatic heterocycles. The summed E-state index contributed by atoms with van der Waals surface area (Å²) in [5.41, 5.74) is 0. The summed E-state index contributed by atoms with van der Waals surface area (Å²) >= 11 is 0. The van der Waals surface area contributed by atoms with Crippen molar-refractivity contribution < 1.29 is 80.2 Å². The number of halogens is 15. The van der Waals surface area contributed by atoms with Crippen molar-refractivity contribution in [2.45, 2.75) is 68.5 Å². The van der Waals surface area contributed by atoms with Crippen molar-refractivity contribution >= 4 is 11.9 Å². The van der Waals surface area contributed by atoms with Crippen molar-refractivity contribution in [3.63, 3.8) is 0 Å². The normalized spacial score (nSPS) is 15.9. The highest BCUT2D eigenvalue weighted by Crippen LogP contribution is 2.62. The molecule has 1 atom stereocenters. The molecule has 0 heterocycles. The maximum absolute atomic E-state index is 13.7. The van der Waals surface area contributed by atoms with E-state index < -0.39 is 72.2 Å². The summed E-state index contributed by atoms with van der Waals surface area (Å²) in [6, 6.07) is -2.35. The van der Waals surface area contributed by atoms with E-state index in [1.165, 1.54) is 13.8 Å². The Morgan fingerprint density at radius 3 is 1.35 bits per heavy atom. The standard InChI is InChI=1S/C15H14F15NO3/c1-5(2)4-34-7(32)6(3)31-8(33)9(16,17)10(18,19)11(20,21)12(22,23)13(24,25)14(26,27)15(28,29)30/h5-6H,4H2,1-3H3,(H,31,33). The molecule has 1 amide bonds. The molecule has 1 unspecified atom stereocenters. The molecule has 19 heteroatoms. The lowest BCUT2D eigenvalue weighted by molar-refractivity contribution is -0.449. The van der Waals surface area contributed by atoms with E-state index >= 15 is 0 Å². The molecule has 34 heavy (non-hydrogen) atoms. The van der Waals surface area contributed by atoms with Crippen molar-refractivity contribution in [2.75, 3.05) is 6.61 Å². The molecule has 4 nitrogen and oxygen atoms in total. The van der Waals surface area contributed by atoms with Gasteiger partial charge in [0, 0.05) is 0 Å². The van der Waals surface area contributed by atoms with E-state index in [0.717, 1.165) is 0 Å². The van der Waals surface area contributed by atoms with Gasteiger partial charge in [-0.2, -0.15) is 65.9 Å². The summed E-state index contributed by atoms with van der Waals surface area (Å²) in [5, 5.41) is 0.629. The molecule has 0 rings (SSSR count). The van der Waals surface area contributed by atoms with Gasteiger partial charge in [-0.25, -0.2) is 4.79 Å². The predicted molar refractivity (Wildman–Crippen MR) is 79.1 cm³/mol. The second-order valence-electron chi connectivity index (χ2n) is 7.16. The Hall–Kier alpha value is -2.11. The molecule has 0 radical (unpaired) electrons. The fourth-order valence-corrected chi connectivity index (χ4v) is 1.83. The van der Waals surface area contributed by atoms with Gasteiger partial charge in [0.25, 0.3) is 5.91 Å². The number of alkyl halides is 15. The zero-order valence-electron chi connectivity index (χ0n) is 16.8. The van der Waals surface area contributed by atoms with Gasteiger partial charge in [0.1, 0.15) is 6.04 Å². The van der Waals surface area contributed by atoms with E-state index in [9.17, 15) is 75.4 Å². The van der Waals surface area contributed by atoms with Crippen LogP contribution in [0.2, 0.25) is 0 Å². The fourth-order valence-electron chi connectivity index (χ4n) is 1.83. The van der Waals surface area contributed by atoms with Crippen LogP contribution in [-0.4, -0.2) is 66.2 Å². The SMILES string of the molecule is CC(C)COC(=O)C(C)NC(=O)C(F)(F)C(F)(F)C(F)(F)C(F)(F)C(F)(F)C(F)(F)C(F)(F)F. The summed E-state index contributed by atoms with van der Waals surface area (Å²) in [6.07, 6.45) is -7.73. The molecule has 0 aromatic rings. The van der Waals surface area contributed by atoms with Crippen molar-refractivity contribution in [3.8, 4) is 0 Å². The number of carbonyl (C=O) groups excluding carboxylic acids is 2. The first-order chi connectivity index (χ1) is 14.6. The maximum Gasteiger partial charge on any atom is 0.460 e. The predicted octanol–water partition coefficient (Wildman–Crippen LogP) is 5.06. The molecular weight excluding hydrogens is 527 g/mol. The molecule has 202 valence electrons. The van der Waals surface area contributed by atoms with Gasteiger partial charge in [0.15, 0.2) is 0 Å². The first kappa shape index (κ1) is 31.9. The Bertz CT molecular complexity index is 761. The number of esters is 1. The molecule has 0 fully saturated rings. The summed E-state index contributed by atoms with van der Waals surface area (Å²) < 4.78 is 200. The zero-order chi connectivity index (χ0) is 27.9. The quantitative estimate of drug-likeness (QED) is 0.311. The van der Waals surface area contributed by atoms with Crippen molar-refractivity contribution in [1.82, 2.24) is 5.32 Å². The highest BCUT2D eigenvalue weighted by atomic mass is 19.4. The van der Waals surface area contributed by atoms with E-state index in [1.54, 1.807) is 0 Å². The molecule has 0 bridgehead atoms. The third-order valence-corrected chi connectivity index (χ3v) is 3.87. The first-order valence-electron chi connectivity index (χ1n) is 8.45. The van der Waals surface area contributed by atoms with Gasteiger partial charge in [0.05, 0.1) is 6.61 Å². The molecule has 0 saturated heterocycles. The molecule has 0 saturated carbocycles. The molecular formula is C15H14F15NO3. The maximum atomic E-state index is 13.7. The van der Waals surface area contributed by atoms with Crippen LogP contribution < -0.4 is 5.32 Å². The lowest BCUT2D eigenvalue weighted by atomic mass is 9.90. The fraction of sp³-hybridized carbons (Fsp3) is 0.867. The number of ether oxygens (including phenoxy) is 1. The second kappa shape index (κ2) is 9.16. The minimum absolute atomic E-state index is 0.407. The first-order valence-corrected chi connectivity index (χ1v) is 8.45. The third kappa shape index (κ3) is 4.96. The van der Waals surface area contributed by atoms with E-state index in [0.29, 0.717) is 12.2 Å². The number of amides is 1. The number of nitrogens with one attached hydrogen (secondary N) is 1. The van der Waals surface area contributed by atoms with E-state index in [1.807, 2.05) is 0 Å². The second-order valence-corrected chi connectivity index (χ2v) is 7.16. The van der Waals surface area contributed by atoms with Crippen LogP contribution in [0.15, 0.2) is 0 Å². The van der Waals surface area contributed by atoms with Crippen LogP contribution in [0.25, 0.3) is 0 Å². The van der Waals surface area contributed by atoms with Crippen LogP contribution in [0.4, 0.5) is 65.9 Å². The third-order valence-electron chi connectivity index (χ3n) is 3.87. The number of carbonyl (C=O) groups is 2. The van der Waals surface area contributed by atoms with Crippen LogP contribution >= 0.6 is 0 Å². The summed E-state index contributed by atoms with van der Waals surface area (Å²) in [6.45, 7) is 2.87. The van der Waals surface area contributed by atoms with E-state index in [2.05, 4.69) is 4.74 Å². The smallest absolute Gasteiger partial charge is 0.460 e. The van der Waals surface area contributed by atoms with Gasteiger partial charge in [0.2, 0.25) is 0 Å². The Morgan fingerprint density at radius 1 is 0.647 bits per heavy atom.